The third kappa shape index (κ3) is 2.99. The second-order valence-corrected chi connectivity index (χ2v) is 3.45. The van der Waals surface area contributed by atoms with E-state index in [0.717, 1.165) is 12.1 Å². The molecule has 6 heteroatoms. The van der Waals surface area contributed by atoms with Gasteiger partial charge >= 0.3 is 0 Å². The largest absolute Gasteiger partial charge is 0.365 e. The lowest BCUT2D eigenvalue weighted by molar-refractivity contribution is -0.116. The second kappa shape index (κ2) is 5.38. The highest BCUT2D eigenvalue weighted by atomic mass is 19.1. The molecule has 0 radical (unpaired) electrons. The second-order valence-electron chi connectivity index (χ2n) is 3.45. The summed E-state index contributed by atoms with van der Waals surface area (Å²) in [4.78, 5) is 22.1. The summed E-state index contributed by atoms with van der Waals surface area (Å²) in [5, 5.41) is 2.25. The molecular weight excluding hydrogens is 230 g/mol. The summed E-state index contributed by atoms with van der Waals surface area (Å²) in [6.45, 7) is 1.79. The van der Waals surface area contributed by atoms with Crippen molar-refractivity contribution in [3.8, 4) is 0 Å². The molecule has 4 nitrogen and oxygen atoms in total. The van der Waals surface area contributed by atoms with Crippen LogP contribution in [0.25, 0.3) is 0 Å². The number of nitrogens with one attached hydrogen (secondary N) is 1. The number of hydrogen-bond acceptors (Lipinski definition) is 2. The molecule has 92 valence electrons. The number of nitrogens with two attached hydrogens (primary N) is 1. The van der Waals surface area contributed by atoms with E-state index in [2.05, 4.69) is 5.32 Å². The molecule has 3 N–H and O–H groups in total. The van der Waals surface area contributed by atoms with E-state index in [1.165, 1.54) is 0 Å². The van der Waals surface area contributed by atoms with Gasteiger partial charge in [-0.15, -0.1) is 0 Å². The Balaban J connectivity index is 3.07. The monoisotopic (exact) mass is 242 g/mol. The number of halogens is 2. The van der Waals surface area contributed by atoms with Crippen LogP contribution in [0.3, 0.4) is 0 Å². The molecule has 0 saturated heterocycles. The van der Waals surface area contributed by atoms with Gasteiger partial charge in [0.2, 0.25) is 5.91 Å². The van der Waals surface area contributed by atoms with Crippen LogP contribution in [0.2, 0.25) is 0 Å². The van der Waals surface area contributed by atoms with Gasteiger partial charge in [-0.25, -0.2) is 8.78 Å². The Kier molecular flexibility index (Phi) is 4.14. The fourth-order valence-corrected chi connectivity index (χ4v) is 1.31. The molecule has 0 aliphatic carbocycles. The van der Waals surface area contributed by atoms with Crippen molar-refractivity contribution in [1.82, 2.24) is 0 Å². The van der Waals surface area contributed by atoms with E-state index in [0.29, 0.717) is 6.42 Å². The van der Waals surface area contributed by atoms with E-state index in [4.69, 9.17) is 5.73 Å². The number of anilines is 1. The standard InChI is InChI=1S/C11H12F2N2O2/c1-2-3-8(16)15-7-5-4-6(12)9(10(7)13)11(14)17/h4-5H,2-3H2,1H3,(H2,14,17)(H,15,16). The quantitative estimate of drug-likeness (QED) is 0.845. The molecule has 0 heterocycles. The van der Waals surface area contributed by atoms with Crippen molar-refractivity contribution in [2.24, 2.45) is 5.73 Å². The van der Waals surface area contributed by atoms with Gasteiger partial charge in [0.15, 0.2) is 5.82 Å². The molecule has 1 rings (SSSR count). The number of carbonyl (C=O) groups excluding carboxylic acids is 2. The Morgan fingerprint density at radius 3 is 2.53 bits per heavy atom. The highest BCUT2D eigenvalue weighted by molar-refractivity contribution is 5.96. The molecule has 0 aromatic heterocycles. The Hall–Kier alpha value is -1.98. The van der Waals surface area contributed by atoms with Crippen LogP contribution in [0.5, 0.6) is 0 Å². The molecule has 0 spiro atoms. The fraction of sp³-hybridized carbons (Fsp3) is 0.273. The molecule has 0 aliphatic heterocycles. The summed E-state index contributed by atoms with van der Waals surface area (Å²) >= 11 is 0. The van der Waals surface area contributed by atoms with Gasteiger partial charge in [-0.05, 0) is 18.6 Å². The van der Waals surface area contributed by atoms with Crippen molar-refractivity contribution in [2.45, 2.75) is 19.8 Å². The third-order valence-electron chi connectivity index (χ3n) is 2.09. The van der Waals surface area contributed by atoms with E-state index >= 15 is 0 Å². The molecule has 0 unspecified atom stereocenters. The summed E-state index contributed by atoms with van der Waals surface area (Å²) in [5.74, 6) is -3.83. The van der Waals surface area contributed by atoms with Gasteiger partial charge in [-0.1, -0.05) is 6.92 Å². The normalized spacial score (nSPS) is 10.1. The predicted molar refractivity (Wildman–Crippen MR) is 58.4 cm³/mol. The number of hydrogen-bond donors (Lipinski definition) is 2. The fourth-order valence-electron chi connectivity index (χ4n) is 1.31. The lowest BCUT2D eigenvalue weighted by atomic mass is 10.1. The molecule has 0 aliphatic rings. The van der Waals surface area contributed by atoms with Crippen molar-refractivity contribution >= 4 is 17.5 Å². The van der Waals surface area contributed by atoms with Gasteiger partial charge < -0.3 is 11.1 Å². The zero-order valence-corrected chi connectivity index (χ0v) is 9.22. The van der Waals surface area contributed by atoms with Crippen LogP contribution in [0.15, 0.2) is 12.1 Å². The first kappa shape index (κ1) is 13.1. The van der Waals surface area contributed by atoms with E-state index in [1.807, 2.05) is 0 Å². The van der Waals surface area contributed by atoms with Gasteiger partial charge in [-0.2, -0.15) is 0 Å². The summed E-state index contributed by atoms with van der Waals surface area (Å²) in [5.41, 5.74) is 3.74. The lowest BCUT2D eigenvalue weighted by Crippen LogP contribution is -2.18. The molecule has 0 saturated carbocycles. The number of rotatable bonds is 4. The minimum atomic E-state index is -1.22. The number of amides is 2. The van der Waals surface area contributed by atoms with Crippen LogP contribution in [-0.2, 0) is 4.79 Å². The minimum absolute atomic E-state index is 0.211. The third-order valence-corrected chi connectivity index (χ3v) is 2.09. The van der Waals surface area contributed by atoms with Crippen LogP contribution in [0.4, 0.5) is 14.5 Å². The smallest absolute Gasteiger partial charge is 0.254 e. The van der Waals surface area contributed by atoms with E-state index in [-0.39, 0.29) is 12.1 Å². The molecular formula is C11H12F2N2O2. The highest BCUT2D eigenvalue weighted by Crippen LogP contribution is 2.21. The lowest BCUT2D eigenvalue weighted by Gasteiger charge is -2.08. The SMILES string of the molecule is CCCC(=O)Nc1ccc(F)c(C(N)=O)c1F. The zero-order chi connectivity index (χ0) is 13.0. The van der Waals surface area contributed by atoms with Crippen molar-refractivity contribution in [3.63, 3.8) is 0 Å². The van der Waals surface area contributed by atoms with Gasteiger partial charge in [-0.3, -0.25) is 9.59 Å². The Bertz CT molecular complexity index is 461. The van der Waals surface area contributed by atoms with Crippen molar-refractivity contribution in [1.29, 1.82) is 0 Å². The Morgan fingerprint density at radius 1 is 1.35 bits per heavy atom. The van der Waals surface area contributed by atoms with Gasteiger partial charge in [0.1, 0.15) is 11.4 Å². The topological polar surface area (TPSA) is 72.2 Å². The van der Waals surface area contributed by atoms with Crippen LogP contribution in [-0.4, -0.2) is 11.8 Å². The highest BCUT2D eigenvalue weighted by Gasteiger charge is 2.19. The van der Waals surface area contributed by atoms with E-state index < -0.39 is 29.0 Å². The van der Waals surface area contributed by atoms with Gasteiger partial charge in [0, 0.05) is 6.42 Å². The number of primary amides is 1. The van der Waals surface area contributed by atoms with Crippen LogP contribution >= 0.6 is 0 Å². The maximum Gasteiger partial charge on any atom is 0.254 e. The minimum Gasteiger partial charge on any atom is -0.365 e. The van der Waals surface area contributed by atoms with Crippen LogP contribution in [0, 0.1) is 11.6 Å². The van der Waals surface area contributed by atoms with Gasteiger partial charge in [0.05, 0.1) is 5.69 Å². The first-order valence-corrected chi connectivity index (χ1v) is 5.05. The van der Waals surface area contributed by atoms with E-state index in [9.17, 15) is 18.4 Å². The molecule has 0 fully saturated rings. The van der Waals surface area contributed by atoms with Crippen molar-refractivity contribution < 1.29 is 18.4 Å². The summed E-state index contributed by atoms with van der Waals surface area (Å²) in [6, 6.07) is 1.93. The summed E-state index contributed by atoms with van der Waals surface area (Å²) in [6.07, 6.45) is 0.806. The van der Waals surface area contributed by atoms with Crippen molar-refractivity contribution in [3.05, 3.63) is 29.3 Å². The van der Waals surface area contributed by atoms with Crippen LogP contribution in [0.1, 0.15) is 30.1 Å². The maximum absolute atomic E-state index is 13.6. The maximum atomic E-state index is 13.6. The Labute approximate surface area is 96.8 Å². The zero-order valence-electron chi connectivity index (χ0n) is 9.22. The van der Waals surface area contributed by atoms with Gasteiger partial charge in [0.25, 0.3) is 5.91 Å². The Morgan fingerprint density at radius 2 is 2.00 bits per heavy atom. The number of carbonyl (C=O) groups is 2. The van der Waals surface area contributed by atoms with Crippen LogP contribution < -0.4 is 11.1 Å². The molecule has 0 bridgehead atoms. The molecule has 0 atom stereocenters. The molecule has 2 amide bonds. The molecule has 1 aromatic carbocycles. The molecule has 1 aromatic rings. The van der Waals surface area contributed by atoms with E-state index in [1.54, 1.807) is 6.92 Å². The average Bonchev–Trinajstić information content (AvgIpc) is 2.22. The molecule has 17 heavy (non-hydrogen) atoms. The predicted octanol–water partition coefficient (Wildman–Crippen LogP) is 1.80. The first-order valence-electron chi connectivity index (χ1n) is 5.05. The average molecular weight is 242 g/mol. The summed E-state index contributed by atoms with van der Waals surface area (Å²) < 4.78 is 26.7. The first-order chi connectivity index (χ1) is 7.97. The van der Waals surface area contributed by atoms with Crippen molar-refractivity contribution in [2.75, 3.05) is 5.32 Å². The summed E-state index contributed by atoms with van der Waals surface area (Å²) in [7, 11) is 0. The number of benzene rings is 1.